The zero-order valence-electron chi connectivity index (χ0n) is 14.2. The number of hydrogen-bond donors (Lipinski definition) is 0. The second kappa shape index (κ2) is 6.14. The minimum absolute atomic E-state index is 0.0426. The number of ether oxygens (including phenoxy) is 1. The van der Waals surface area contributed by atoms with Crippen LogP contribution in [0.1, 0.15) is 30.9 Å². The first-order valence-corrected chi connectivity index (χ1v) is 10.4. The lowest BCUT2D eigenvalue weighted by Crippen LogP contribution is -2.41. The summed E-state index contributed by atoms with van der Waals surface area (Å²) >= 11 is 0. The van der Waals surface area contributed by atoms with E-state index in [-0.39, 0.29) is 23.2 Å². The van der Waals surface area contributed by atoms with Gasteiger partial charge in [-0.3, -0.25) is 4.90 Å². The number of fused-ring (bicyclic) bond motifs is 3. The van der Waals surface area contributed by atoms with Crippen LogP contribution in [0, 0.1) is 0 Å². The Morgan fingerprint density at radius 1 is 1.32 bits per heavy atom. The van der Waals surface area contributed by atoms with Crippen molar-refractivity contribution >= 4 is 20.8 Å². The zero-order chi connectivity index (χ0) is 17.6. The van der Waals surface area contributed by atoms with Crippen molar-refractivity contribution in [2.75, 3.05) is 18.2 Å². The van der Waals surface area contributed by atoms with Crippen molar-refractivity contribution in [2.45, 2.75) is 38.8 Å². The SMILES string of the molecule is CCCc1cc(=O)oc2c3c(ccc12)OCN([C@@H]1CCS(=O)(=O)C1)C3. The minimum Gasteiger partial charge on any atom is -0.478 e. The predicted octanol–water partition coefficient (Wildman–Crippen LogP) is 2.08. The average Bonchev–Trinajstić information content (AvgIpc) is 2.94. The van der Waals surface area contributed by atoms with E-state index in [1.165, 1.54) is 0 Å². The van der Waals surface area contributed by atoms with Gasteiger partial charge in [0.2, 0.25) is 0 Å². The summed E-state index contributed by atoms with van der Waals surface area (Å²) in [7, 11) is -2.96. The van der Waals surface area contributed by atoms with E-state index in [0.29, 0.717) is 31.0 Å². The van der Waals surface area contributed by atoms with Crippen LogP contribution < -0.4 is 10.4 Å². The molecule has 0 spiro atoms. The topological polar surface area (TPSA) is 76.8 Å². The normalized spacial score (nSPS) is 22.7. The van der Waals surface area contributed by atoms with Gasteiger partial charge in [0.25, 0.3) is 0 Å². The molecule has 25 heavy (non-hydrogen) atoms. The average molecular weight is 363 g/mol. The Morgan fingerprint density at radius 3 is 2.88 bits per heavy atom. The van der Waals surface area contributed by atoms with Crippen molar-refractivity contribution in [3.05, 3.63) is 39.7 Å². The van der Waals surface area contributed by atoms with Crippen LogP contribution in [0.3, 0.4) is 0 Å². The van der Waals surface area contributed by atoms with Gasteiger partial charge < -0.3 is 9.15 Å². The Balaban J connectivity index is 1.75. The molecule has 134 valence electrons. The Kier molecular flexibility index (Phi) is 4.08. The van der Waals surface area contributed by atoms with Crippen LogP contribution in [-0.2, 0) is 22.8 Å². The van der Waals surface area contributed by atoms with Crippen LogP contribution in [0.4, 0.5) is 0 Å². The molecule has 0 saturated carbocycles. The van der Waals surface area contributed by atoms with Gasteiger partial charge in [-0.15, -0.1) is 0 Å². The van der Waals surface area contributed by atoms with Crippen LogP contribution in [0.25, 0.3) is 11.0 Å². The lowest BCUT2D eigenvalue weighted by molar-refractivity contribution is 0.0648. The zero-order valence-corrected chi connectivity index (χ0v) is 15.0. The van der Waals surface area contributed by atoms with E-state index >= 15 is 0 Å². The lowest BCUT2D eigenvalue weighted by atomic mass is 10.0. The number of nitrogens with zero attached hydrogens (tertiary/aromatic N) is 1. The smallest absolute Gasteiger partial charge is 0.336 e. The van der Waals surface area contributed by atoms with Crippen molar-refractivity contribution in [1.82, 2.24) is 4.90 Å². The number of aryl methyl sites for hydroxylation is 1. The van der Waals surface area contributed by atoms with E-state index in [4.69, 9.17) is 9.15 Å². The molecule has 1 aromatic carbocycles. The summed E-state index contributed by atoms with van der Waals surface area (Å²) in [5.41, 5.74) is 2.03. The first kappa shape index (κ1) is 16.6. The lowest BCUT2D eigenvalue weighted by Gasteiger charge is -2.33. The van der Waals surface area contributed by atoms with Crippen LogP contribution in [0.2, 0.25) is 0 Å². The van der Waals surface area contributed by atoms with Gasteiger partial charge >= 0.3 is 5.63 Å². The summed E-state index contributed by atoms with van der Waals surface area (Å²) in [6.45, 7) is 2.97. The van der Waals surface area contributed by atoms with Crippen molar-refractivity contribution in [3.8, 4) is 5.75 Å². The Bertz CT molecular complexity index is 979. The van der Waals surface area contributed by atoms with Crippen LogP contribution in [0.15, 0.2) is 27.4 Å². The van der Waals surface area contributed by atoms with Gasteiger partial charge in [0.05, 0.1) is 17.1 Å². The van der Waals surface area contributed by atoms with Crippen molar-refractivity contribution in [1.29, 1.82) is 0 Å². The number of sulfone groups is 1. The standard InChI is InChI=1S/C18H21NO5S/c1-2-3-12-8-17(20)24-18-14(12)4-5-16-15(18)9-19(11-23-16)13-6-7-25(21,22)10-13/h4-5,8,13H,2-3,6-7,9-11H2,1H3/t13-/m1/s1. The molecule has 1 atom stereocenters. The van der Waals surface area contributed by atoms with E-state index < -0.39 is 9.84 Å². The molecule has 2 aliphatic rings. The maximum atomic E-state index is 12.0. The van der Waals surface area contributed by atoms with Crippen LogP contribution >= 0.6 is 0 Å². The van der Waals surface area contributed by atoms with Gasteiger partial charge in [0.1, 0.15) is 18.1 Å². The van der Waals surface area contributed by atoms with E-state index in [0.717, 1.165) is 29.4 Å². The third-order valence-corrected chi connectivity index (χ3v) is 6.80. The second-order valence-electron chi connectivity index (χ2n) is 6.84. The summed E-state index contributed by atoms with van der Waals surface area (Å²) in [5.74, 6) is 1.11. The van der Waals surface area contributed by atoms with Crippen LogP contribution in [0.5, 0.6) is 5.75 Å². The predicted molar refractivity (Wildman–Crippen MR) is 94.6 cm³/mol. The fourth-order valence-corrected chi connectivity index (χ4v) is 5.55. The number of benzene rings is 1. The van der Waals surface area contributed by atoms with E-state index in [1.807, 2.05) is 17.0 Å². The van der Waals surface area contributed by atoms with E-state index in [1.54, 1.807) is 6.07 Å². The molecule has 0 unspecified atom stereocenters. The molecule has 3 heterocycles. The molecule has 6 nitrogen and oxygen atoms in total. The highest BCUT2D eigenvalue weighted by molar-refractivity contribution is 7.91. The largest absolute Gasteiger partial charge is 0.478 e. The monoisotopic (exact) mass is 363 g/mol. The highest BCUT2D eigenvalue weighted by atomic mass is 32.2. The number of rotatable bonds is 3. The Hall–Kier alpha value is -1.86. The summed E-state index contributed by atoms with van der Waals surface area (Å²) < 4.78 is 34.9. The summed E-state index contributed by atoms with van der Waals surface area (Å²) in [4.78, 5) is 14.0. The highest BCUT2D eigenvalue weighted by Gasteiger charge is 2.35. The molecule has 0 N–H and O–H groups in total. The van der Waals surface area contributed by atoms with Gasteiger partial charge in [-0.05, 0) is 30.5 Å². The molecular formula is C18H21NO5S. The molecule has 1 aromatic heterocycles. The molecule has 0 bridgehead atoms. The van der Waals surface area contributed by atoms with Gasteiger partial charge in [0, 0.05) is 24.0 Å². The molecule has 0 amide bonds. The quantitative estimate of drug-likeness (QED) is 0.777. The van der Waals surface area contributed by atoms with Crippen LogP contribution in [-0.4, -0.2) is 37.6 Å². The molecule has 1 saturated heterocycles. The third kappa shape index (κ3) is 3.06. The highest BCUT2D eigenvalue weighted by Crippen LogP contribution is 2.35. The summed E-state index contributed by atoms with van der Waals surface area (Å²) in [5, 5.41) is 0.935. The fourth-order valence-electron chi connectivity index (χ4n) is 3.79. The third-order valence-electron chi connectivity index (χ3n) is 5.05. The fraction of sp³-hybridized carbons (Fsp3) is 0.500. The van der Waals surface area contributed by atoms with Gasteiger partial charge in [-0.1, -0.05) is 13.3 Å². The molecule has 2 aromatic rings. The van der Waals surface area contributed by atoms with E-state index in [9.17, 15) is 13.2 Å². The van der Waals surface area contributed by atoms with Gasteiger partial charge in [0.15, 0.2) is 9.84 Å². The molecule has 1 fully saturated rings. The molecule has 0 radical (unpaired) electrons. The van der Waals surface area contributed by atoms with Gasteiger partial charge in [-0.25, -0.2) is 13.2 Å². The first-order chi connectivity index (χ1) is 12.0. The maximum absolute atomic E-state index is 12.0. The Labute approximate surface area is 146 Å². The molecule has 7 heteroatoms. The molecular weight excluding hydrogens is 342 g/mol. The van der Waals surface area contributed by atoms with Crippen molar-refractivity contribution in [2.24, 2.45) is 0 Å². The molecule has 2 aliphatic heterocycles. The molecule has 4 rings (SSSR count). The van der Waals surface area contributed by atoms with Crippen molar-refractivity contribution < 1.29 is 17.6 Å². The number of hydrogen-bond acceptors (Lipinski definition) is 6. The van der Waals surface area contributed by atoms with Crippen molar-refractivity contribution in [3.63, 3.8) is 0 Å². The van der Waals surface area contributed by atoms with Gasteiger partial charge in [-0.2, -0.15) is 0 Å². The van der Waals surface area contributed by atoms with E-state index in [2.05, 4.69) is 6.92 Å². The minimum atomic E-state index is -2.96. The summed E-state index contributed by atoms with van der Waals surface area (Å²) in [6.07, 6.45) is 2.38. The first-order valence-electron chi connectivity index (χ1n) is 8.63. The maximum Gasteiger partial charge on any atom is 0.336 e. The second-order valence-corrected chi connectivity index (χ2v) is 9.07. The summed E-state index contributed by atoms with van der Waals surface area (Å²) in [6, 6.07) is 5.37. The molecule has 0 aliphatic carbocycles. The Morgan fingerprint density at radius 2 is 2.16 bits per heavy atom.